The molecule has 1 aromatic rings. The summed E-state index contributed by atoms with van der Waals surface area (Å²) in [6.45, 7) is 2.56. The normalized spacial score (nSPS) is 36.1. The number of ether oxygens (including phenoxy) is 1. The van der Waals surface area contributed by atoms with Crippen LogP contribution in [-0.2, 0) is 14.3 Å². The summed E-state index contributed by atoms with van der Waals surface area (Å²) >= 11 is 0. The highest BCUT2D eigenvalue weighted by molar-refractivity contribution is 5.82. The van der Waals surface area contributed by atoms with Crippen LogP contribution < -0.4 is 21.5 Å². The topological polar surface area (TPSA) is 94.7 Å². The van der Waals surface area contributed by atoms with Gasteiger partial charge in [-0.3, -0.25) is 19.9 Å². The van der Waals surface area contributed by atoms with Crippen LogP contribution in [0.4, 0.5) is 4.39 Å². The van der Waals surface area contributed by atoms with Gasteiger partial charge in [-0.05, 0) is 55.2 Å². The number of nitrogens with one attached hydrogen (secondary N) is 4. The van der Waals surface area contributed by atoms with E-state index < -0.39 is 6.10 Å². The number of hydrazine groups is 1. The first-order chi connectivity index (χ1) is 16.0. The summed E-state index contributed by atoms with van der Waals surface area (Å²) in [5.41, 5.74) is 7.49. The molecule has 0 aromatic heterocycles. The Balaban J connectivity index is 1.09. The molecule has 0 radical (unpaired) electrons. The number of nitrogens with zero attached hydrogens (tertiary/aromatic N) is 1. The maximum atomic E-state index is 13.5. The molecule has 5 rings (SSSR count). The molecular formula is C24H34FN5O3. The summed E-state index contributed by atoms with van der Waals surface area (Å²) in [6.07, 6.45) is 3.46. The number of rotatable bonds is 6. The maximum absolute atomic E-state index is 13.5. The van der Waals surface area contributed by atoms with Gasteiger partial charge in [0.25, 0.3) is 0 Å². The summed E-state index contributed by atoms with van der Waals surface area (Å²) in [7, 11) is 1.67. The Labute approximate surface area is 194 Å². The van der Waals surface area contributed by atoms with Crippen molar-refractivity contribution < 1.29 is 18.7 Å². The Kier molecular flexibility index (Phi) is 6.65. The van der Waals surface area contributed by atoms with Crippen LogP contribution in [-0.4, -0.2) is 74.2 Å². The molecule has 2 aliphatic heterocycles. The van der Waals surface area contributed by atoms with E-state index in [4.69, 9.17) is 4.74 Å². The van der Waals surface area contributed by atoms with Gasteiger partial charge in [-0.1, -0.05) is 12.1 Å². The lowest BCUT2D eigenvalue weighted by Crippen LogP contribution is -2.55. The van der Waals surface area contributed by atoms with Crippen molar-refractivity contribution in [3.05, 3.63) is 35.6 Å². The van der Waals surface area contributed by atoms with E-state index in [1.54, 1.807) is 19.2 Å². The van der Waals surface area contributed by atoms with E-state index >= 15 is 0 Å². The predicted octanol–water partition coefficient (Wildman–Crippen LogP) is 0.506. The number of hydrogen-bond acceptors (Lipinski definition) is 6. The summed E-state index contributed by atoms with van der Waals surface area (Å²) in [5, 5.41) is 5.80. The second kappa shape index (κ2) is 9.66. The highest BCUT2D eigenvalue weighted by Crippen LogP contribution is 2.47. The van der Waals surface area contributed by atoms with Gasteiger partial charge in [0.15, 0.2) is 0 Å². The molecule has 8 nitrogen and oxygen atoms in total. The third-order valence-electron chi connectivity index (χ3n) is 7.90. The number of carbonyl (C=O) groups excluding carboxylic acids is 2. The van der Waals surface area contributed by atoms with Gasteiger partial charge in [0, 0.05) is 44.7 Å². The Morgan fingerprint density at radius 2 is 2.09 bits per heavy atom. The van der Waals surface area contributed by atoms with Crippen molar-refractivity contribution in [3.8, 4) is 0 Å². The minimum Gasteiger partial charge on any atom is -0.366 e. The minimum atomic E-state index is -0.462. The van der Waals surface area contributed by atoms with Crippen LogP contribution in [0.1, 0.15) is 37.2 Å². The summed E-state index contributed by atoms with van der Waals surface area (Å²) in [4.78, 5) is 27.3. The van der Waals surface area contributed by atoms with Crippen LogP contribution in [0.3, 0.4) is 0 Å². The predicted molar refractivity (Wildman–Crippen MR) is 121 cm³/mol. The number of likely N-dealkylation sites (N-methyl/N-ethyl adjacent to an activating group) is 1. The van der Waals surface area contributed by atoms with E-state index in [0.717, 1.165) is 37.8 Å². The van der Waals surface area contributed by atoms with Crippen LogP contribution in [0.25, 0.3) is 0 Å². The zero-order valence-electron chi connectivity index (χ0n) is 19.1. The smallest absolute Gasteiger partial charge is 0.250 e. The number of amides is 2. The van der Waals surface area contributed by atoms with Crippen molar-refractivity contribution in [1.29, 1.82) is 0 Å². The van der Waals surface area contributed by atoms with Crippen LogP contribution >= 0.6 is 0 Å². The third-order valence-corrected chi connectivity index (χ3v) is 7.90. The highest BCUT2D eigenvalue weighted by atomic mass is 19.1. The van der Waals surface area contributed by atoms with Gasteiger partial charge in [-0.25, -0.2) is 9.82 Å². The lowest BCUT2D eigenvalue weighted by Gasteiger charge is -2.42. The van der Waals surface area contributed by atoms with Crippen LogP contribution in [0, 0.1) is 17.7 Å². The van der Waals surface area contributed by atoms with Gasteiger partial charge in [0.1, 0.15) is 18.0 Å². The van der Waals surface area contributed by atoms with Crippen LogP contribution in [0.2, 0.25) is 0 Å². The monoisotopic (exact) mass is 459 g/mol. The van der Waals surface area contributed by atoms with Gasteiger partial charge in [0.2, 0.25) is 11.8 Å². The molecular weight excluding hydrogens is 425 g/mol. The van der Waals surface area contributed by atoms with Crippen molar-refractivity contribution in [2.24, 2.45) is 11.8 Å². The van der Waals surface area contributed by atoms with E-state index in [-0.39, 0.29) is 29.7 Å². The minimum absolute atomic E-state index is 0.0341. The molecule has 4 fully saturated rings. The molecule has 0 bridgehead atoms. The fourth-order valence-electron chi connectivity index (χ4n) is 5.91. The van der Waals surface area contributed by atoms with Gasteiger partial charge in [-0.2, -0.15) is 0 Å². The van der Waals surface area contributed by atoms with Crippen molar-refractivity contribution in [3.63, 3.8) is 0 Å². The van der Waals surface area contributed by atoms with Gasteiger partial charge < -0.3 is 15.4 Å². The molecule has 33 heavy (non-hydrogen) atoms. The number of fused-ring (bicyclic) bond motifs is 1. The Hall–Kier alpha value is -2.07. The molecule has 1 aromatic carbocycles. The number of morpholine rings is 1. The molecule has 2 heterocycles. The van der Waals surface area contributed by atoms with Gasteiger partial charge in [-0.15, -0.1) is 0 Å². The van der Waals surface area contributed by atoms with Crippen molar-refractivity contribution >= 4 is 11.8 Å². The average molecular weight is 460 g/mol. The molecule has 7 unspecified atom stereocenters. The zero-order valence-corrected chi connectivity index (χ0v) is 19.1. The van der Waals surface area contributed by atoms with E-state index in [9.17, 15) is 14.0 Å². The number of carbonyl (C=O) groups is 2. The van der Waals surface area contributed by atoms with Crippen LogP contribution in [0.5, 0.6) is 0 Å². The lowest BCUT2D eigenvalue weighted by atomic mass is 9.78. The first kappa shape index (κ1) is 22.7. The van der Waals surface area contributed by atoms with E-state index in [1.165, 1.54) is 6.07 Å². The molecule has 9 heteroatoms. The third kappa shape index (κ3) is 4.91. The Morgan fingerprint density at radius 1 is 1.21 bits per heavy atom. The van der Waals surface area contributed by atoms with E-state index in [1.807, 2.05) is 6.07 Å². The number of halogens is 1. The molecule has 2 aliphatic carbocycles. The Bertz CT molecular complexity index is 885. The summed E-state index contributed by atoms with van der Waals surface area (Å²) < 4.78 is 19.3. The fraction of sp³-hybridized carbons (Fsp3) is 0.667. The van der Waals surface area contributed by atoms with E-state index in [0.29, 0.717) is 43.5 Å². The molecule has 0 spiro atoms. The first-order valence-corrected chi connectivity index (χ1v) is 12.1. The first-order valence-electron chi connectivity index (χ1n) is 12.1. The quantitative estimate of drug-likeness (QED) is 0.495. The zero-order chi connectivity index (χ0) is 22.9. The van der Waals surface area contributed by atoms with Gasteiger partial charge >= 0.3 is 0 Å². The Morgan fingerprint density at radius 3 is 2.91 bits per heavy atom. The molecule has 7 atom stereocenters. The lowest BCUT2D eigenvalue weighted by molar-refractivity contribution is -0.140. The largest absolute Gasteiger partial charge is 0.366 e. The maximum Gasteiger partial charge on any atom is 0.250 e. The van der Waals surface area contributed by atoms with Gasteiger partial charge in [0.05, 0.1) is 6.61 Å². The van der Waals surface area contributed by atoms with Crippen LogP contribution in [0.15, 0.2) is 24.3 Å². The van der Waals surface area contributed by atoms with Crippen molar-refractivity contribution in [2.75, 3.05) is 33.3 Å². The SMILES string of the molecule is CNC(=O)C1NNC2CC(N3CCOC(C(=O)NCC4CC4c4cccc(F)c4)C3)CCC21. The number of hydrogen-bond donors (Lipinski definition) is 4. The average Bonchev–Trinajstić information content (AvgIpc) is 3.51. The molecule has 4 aliphatic rings. The van der Waals surface area contributed by atoms with Crippen molar-refractivity contribution in [2.45, 2.75) is 55.8 Å². The standard InChI is InChI=1S/C24H34FN5O3/c1-26-24(32)22-18-6-5-17(11-20(18)28-29-22)30-7-8-33-21(13-30)23(31)27-12-15-10-19(15)14-3-2-4-16(25)9-14/h2-4,9,15,17-22,28-29H,5-8,10-13H2,1H3,(H,26,32)(H,27,31). The fourth-order valence-corrected chi connectivity index (χ4v) is 5.91. The molecule has 4 N–H and O–H groups in total. The van der Waals surface area contributed by atoms with Crippen molar-refractivity contribution in [1.82, 2.24) is 26.4 Å². The summed E-state index contributed by atoms with van der Waals surface area (Å²) in [6, 6.07) is 7.21. The molecule has 2 saturated heterocycles. The second-order valence-electron chi connectivity index (χ2n) is 9.87. The molecule has 180 valence electrons. The summed E-state index contributed by atoms with van der Waals surface area (Å²) in [5.74, 6) is 0.752. The highest BCUT2D eigenvalue weighted by Gasteiger charge is 2.45. The number of benzene rings is 1. The molecule has 2 amide bonds. The molecule has 2 saturated carbocycles. The van der Waals surface area contributed by atoms with E-state index in [2.05, 4.69) is 26.4 Å². The second-order valence-corrected chi connectivity index (χ2v) is 9.87.